The van der Waals surface area contributed by atoms with Crippen LogP contribution in [-0.2, 0) is 0 Å². The Balaban J connectivity index is 1.63. The molecule has 3 rings (SSSR count). The first-order valence-corrected chi connectivity index (χ1v) is 8.59. The molecule has 21 heavy (non-hydrogen) atoms. The topological polar surface area (TPSA) is 32.5 Å². The first-order chi connectivity index (χ1) is 10.3. The Hall–Kier alpha value is -1.06. The van der Waals surface area contributed by atoms with Crippen LogP contribution in [0.2, 0.25) is 0 Å². The van der Waals surface area contributed by atoms with E-state index in [1.165, 1.54) is 69.5 Å². The van der Waals surface area contributed by atoms with Crippen molar-refractivity contribution >= 4 is 5.69 Å². The van der Waals surface area contributed by atoms with Gasteiger partial charge in [0.25, 0.3) is 0 Å². The van der Waals surface area contributed by atoms with E-state index in [1.54, 1.807) is 0 Å². The molecular formula is C18H29N3. The predicted octanol–water partition coefficient (Wildman–Crippen LogP) is 3.16. The van der Waals surface area contributed by atoms with E-state index in [1.807, 2.05) is 0 Å². The normalized spacial score (nSPS) is 23.2. The van der Waals surface area contributed by atoms with Crippen LogP contribution in [0, 0.1) is 0 Å². The number of nitrogens with zero attached hydrogens (tertiary/aromatic N) is 2. The summed E-state index contributed by atoms with van der Waals surface area (Å²) in [4.78, 5) is 5.28. The Morgan fingerprint density at radius 1 is 1.00 bits per heavy atom. The second kappa shape index (κ2) is 6.80. The van der Waals surface area contributed by atoms with Gasteiger partial charge in [-0.15, -0.1) is 0 Å². The lowest BCUT2D eigenvalue weighted by molar-refractivity contribution is 0.141. The van der Waals surface area contributed by atoms with E-state index in [9.17, 15) is 0 Å². The highest BCUT2D eigenvalue weighted by molar-refractivity contribution is 5.55. The van der Waals surface area contributed by atoms with E-state index in [2.05, 4.69) is 41.0 Å². The van der Waals surface area contributed by atoms with Crippen LogP contribution < -0.4 is 10.6 Å². The molecule has 0 unspecified atom stereocenters. The van der Waals surface area contributed by atoms with Crippen LogP contribution in [0.1, 0.15) is 50.6 Å². The predicted molar refractivity (Wildman–Crippen MR) is 89.7 cm³/mol. The van der Waals surface area contributed by atoms with Crippen molar-refractivity contribution in [1.82, 2.24) is 4.90 Å². The Kier molecular flexibility index (Phi) is 4.81. The van der Waals surface area contributed by atoms with Crippen molar-refractivity contribution in [3.63, 3.8) is 0 Å². The van der Waals surface area contributed by atoms with Gasteiger partial charge in [-0.1, -0.05) is 24.6 Å². The summed E-state index contributed by atoms with van der Waals surface area (Å²) in [5.41, 5.74) is 8.77. The number of benzene rings is 1. The zero-order valence-electron chi connectivity index (χ0n) is 13.3. The number of likely N-dealkylation sites (tertiary alicyclic amines) is 1. The fraction of sp³-hybridized carbons (Fsp3) is 0.667. The average molecular weight is 287 g/mol. The molecule has 0 spiro atoms. The van der Waals surface area contributed by atoms with Gasteiger partial charge in [-0.05, 0) is 57.3 Å². The van der Waals surface area contributed by atoms with Crippen LogP contribution in [0.5, 0.6) is 0 Å². The van der Waals surface area contributed by atoms with Gasteiger partial charge in [-0.3, -0.25) is 0 Å². The number of hydrogen-bond donors (Lipinski definition) is 1. The monoisotopic (exact) mass is 287 g/mol. The first kappa shape index (κ1) is 14.9. The number of nitrogens with two attached hydrogens (primary N) is 1. The zero-order valence-corrected chi connectivity index (χ0v) is 13.3. The molecule has 116 valence electrons. The van der Waals surface area contributed by atoms with Crippen LogP contribution in [0.4, 0.5) is 5.69 Å². The summed E-state index contributed by atoms with van der Waals surface area (Å²) in [6.07, 6.45) is 6.82. The minimum Gasteiger partial charge on any atom is -0.371 e. The summed E-state index contributed by atoms with van der Waals surface area (Å²) in [6, 6.07) is 9.57. The number of hydrogen-bond acceptors (Lipinski definition) is 3. The van der Waals surface area contributed by atoms with Gasteiger partial charge in [0.15, 0.2) is 0 Å². The van der Waals surface area contributed by atoms with Gasteiger partial charge in [0, 0.05) is 30.9 Å². The molecule has 3 nitrogen and oxygen atoms in total. The summed E-state index contributed by atoms with van der Waals surface area (Å²) < 4.78 is 0. The highest BCUT2D eigenvalue weighted by Crippen LogP contribution is 2.29. The molecule has 2 saturated heterocycles. The van der Waals surface area contributed by atoms with E-state index in [0.717, 1.165) is 6.04 Å². The lowest BCUT2D eigenvalue weighted by atomic mass is 9.98. The van der Waals surface area contributed by atoms with E-state index in [0.29, 0.717) is 0 Å². The maximum atomic E-state index is 6.13. The third-order valence-corrected chi connectivity index (χ3v) is 5.14. The van der Waals surface area contributed by atoms with E-state index < -0.39 is 0 Å². The molecule has 1 aromatic carbocycles. The van der Waals surface area contributed by atoms with Gasteiger partial charge in [0.1, 0.15) is 0 Å². The first-order valence-electron chi connectivity index (χ1n) is 8.59. The Labute approximate surface area is 129 Å². The fourth-order valence-electron chi connectivity index (χ4n) is 3.92. The molecule has 0 amide bonds. The third kappa shape index (κ3) is 3.41. The molecule has 2 N–H and O–H groups in total. The lowest BCUT2D eigenvalue weighted by Gasteiger charge is -2.41. The second-order valence-corrected chi connectivity index (χ2v) is 6.66. The molecule has 0 bridgehead atoms. The van der Waals surface area contributed by atoms with Gasteiger partial charge in [0.2, 0.25) is 0 Å². The molecule has 2 aliphatic rings. The molecule has 1 atom stereocenters. The highest BCUT2D eigenvalue weighted by Gasteiger charge is 2.26. The van der Waals surface area contributed by atoms with E-state index in [-0.39, 0.29) is 6.04 Å². The summed E-state index contributed by atoms with van der Waals surface area (Å²) >= 11 is 0. The standard InChI is InChI=1S/C18H29N3/c1-15(19)17-7-3-4-8-18(17)21-13-9-16(10-14-21)20-11-5-2-6-12-20/h3-4,7-8,15-16H,2,5-6,9-14,19H2,1H3/t15-/m0/s1. The summed E-state index contributed by atoms with van der Waals surface area (Å²) in [5, 5.41) is 0. The van der Waals surface area contributed by atoms with Crippen LogP contribution in [0.15, 0.2) is 24.3 Å². The lowest BCUT2D eigenvalue weighted by Crippen LogP contribution is -2.47. The average Bonchev–Trinajstić information content (AvgIpc) is 2.56. The Morgan fingerprint density at radius 3 is 2.33 bits per heavy atom. The molecule has 2 heterocycles. The number of anilines is 1. The van der Waals surface area contributed by atoms with Crippen molar-refractivity contribution in [2.24, 2.45) is 5.73 Å². The largest absolute Gasteiger partial charge is 0.371 e. The second-order valence-electron chi connectivity index (χ2n) is 6.66. The van der Waals surface area contributed by atoms with E-state index >= 15 is 0 Å². The van der Waals surface area contributed by atoms with Crippen LogP contribution in [-0.4, -0.2) is 37.1 Å². The van der Waals surface area contributed by atoms with Gasteiger partial charge >= 0.3 is 0 Å². The van der Waals surface area contributed by atoms with Crippen molar-refractivity contribution in [3.05, 3.63) is 29.8 Å². The van der Waals surface area contributed by atoms with E-state index in [4.69, 9.17) is 5.73 Å². The molecule has 2 fully saturated rings. The summed E-state index contributed by atoms with van der Waals surface area (Å²) in [6.45, 7) is 7.07. The van der Waals surface area contributed by atoms with Gasteiger partial charge < -0.3 is 15.5 Å². The van der Waals surface area contributed by atoms with Gasteiger partial charge in [0.05, 0.1) is 0 Å². The minimum absolute atomic E-state index is 0.112. The Bertz CT molecular complexity index is 444. The molecule has 0 aliphatic carbocycles. The quantitative estimate of drug-likeness (QED) is 0.927. The maximum absolute atomic E-state index is 6.13. The molecule has 0 aromatic heterocycles. The van der Waals surface area contributed by atoms with Crippen molar-refractivity contribution in [2.75, 3.05) is 31.1 Å². The highest BCUT2D eigenvalue weighted by atomic mass is 15.2. The molecule has 0 radical (unpaired) electrons. The maximum Gasteiger partial charge on any atom is 0.0414 e. The van der Waals surface area contributed by atoms with Crippen molar-refractivity contribution in [1.29, 1.82) is 0 Å². The zero-order chi connectivity index (χ0) is 14.7. The molecule has 3 heteroatoms. The van der Waals surface area contributed by atoms with Crippen molar-refractivity contribution < 1.29 is 0 Å². The van der Waals surface area contributed by atoms with Crippen LogP contribution >= 0.6 is 0 Å². The summed E-state index contributed by atoms with van der Waals surface area (Å²) in [5.74, 6) is 0. The Morgan fingerprint density at radius 2 is 1.67 bits per heavy atom. The number of piperidine rings is 2. The molecule has 1 aromatic rings. The number of para-hydroxylation sites is 1. The minimum atomic E-state index is 0.112. The van der Waals surface area contributed by atoms with Crippen molar-refractivity contribution in [2.45, 2.75) is 51.1 Å². The fourth-order valence-corrected chi connectivity index (χ4v) is 3.92. The van der Waals surface area contributed by atoms with Gasteiger partial charge in [-0.2, -0.15) is 0 Å². The number of rotatable bonds is 3. The third-order valence-electron chi connectivity index (χ3n) is 5.14. The van der Waals surface area contributed by atoms with Crippen molar-refractivity contribution in [3.8, 4) is 0 Å². The molecular weight excluding hydrogens is 258 g/mol. The van der Waals surface area contributed by atoms with Gasteiger partial charge in [-0.25, -0.2) is 0 Å². The summed E-state index contributed by atoms with van der Waals surface area (Å²) in [7, 11) is 0. The van der Waals surface area contributed by atoms with Crippen LogP contribution in [0.3, 0.4) is 0 Å². The smallest absolute Gasteiger partial charge is 0.0414 e. The molecule has 0 saturated carbocycles. The molecule has 2 aliphatic heterocycles. The van der Waals surface area contributed by atoms with Crippen LogP contribution in [0.25, 0.3) is 0 Å². The SMILES string of the molecule is C[C@H](N)c1ccccc1N1CCC(N2CCCCC2)CC1.